The lowest BCUT2D eigenvalue weighted by Crippen LogP contribution is -2.33. The van der Waals surface area contributed by atoms with Crippen molar-refractivity contribution >= 4 is 21.8 Å². The molecule has 0 aliphatic carbocycles. The van der Waals surface area contributed by atoms with Gasteiger partial charge in [0, 0.05) is 35.6 Å². The van der Waals surface area contributed by atoms with Crippen molar-refractivity contribution in [2.24, 2.45) is 0 Å². The SMILES string of the molecule is CC(c1ccccc1)(c1ccc2c3ccccc3n(-c3cccc([C@@H](c4ccccc4)n4cccn4)n3)c2c1)n1cccn1. The number of rotatable bonds is 7. The summed E-state index contributed by atoms with van der Waals surface area (Å²) in [6.45, 7) is 2.23. The molecule has 4 heterocycles. The van der Waals surface area contributed by atoms with E-state index in [0.29, 0.717) is 0 Å². The van der Waals surface area contributed by atoms with Crippen LogP contribution < -0.4 is 0 Å². The molecule has 0 fully saturated rings. The van der Waals surface area contributed by atoms with Crippen LogP contribution in [0.3, 0.4) is 0 Å². The van der Waals surface area contributed by atoms with Crippen molar-refractivity contribution in [3.05, 3.63) is 181 Å². The summed E-state index contributed by atoms with van der Waals surface area (Å²) < 4.78 is 6.31. The fourth-order valence-corrected chi connectivity index (χ4v) is 6.49. The van der Waals surface area contributed by atoms with Gasteiger partial charge < -0.3 is 0 Å². The molecule has 6 heteroatoms. The first-order chi connectivity index (χ1) is 21.7. The van der Waals surface area contributed by atoms with Crippen LogP contribution >= 0.6 is 0 Å². The summed E-state index contributed by atoms with van der Waals surface area (Å²) in [5.41, 5.74) is 6.04. The first-order valence-electron chi connectivity index (χ1n) is 14.8. The van der Waals surface area contributed by atoms with E-state index in [1.165, 1.54) is 10.8 Å². The maximum absolute atomic E-state index is 5.33. The molecule has 0 amide bonds. The van der Waals surface area contributed by atoms with Crippen LogP contribution in [0, 0.1) is 0 Å². The van der Waals surface area contributed by atoms with Gasteiger partial charge in [0.05, 0.1) is 16.7 Å². The van der Waals surface area contributed by atoms with Crippen LogP contribution in [0.4, 0.5) is 0 Å². The molecule has 2 atom stereocenters. The van der Waals surface area contributed by atoms with E-state index in [9.17, 15) is 0 Å². The summed E-state index contributed by atoms with van der Waals surface area (Å²) in [4.78, 5) is 5.33. The van der Waals surface area contributed by atoms with E-state index < -0.39 is 5.54 Å². The van der Waals surface area contributed by atoms with Crippen LogP contribution in [0.1, 0.15) is 35.3 Å². The Balaban J connectivity index is 1.36. The van der Waals surface area contributed by atoms with Gasteiger partial charge in [-0.1, -0.05) is 97.1 Å². The monoisotopic (exact) mass is 570 g/mol. The fourth-order valence-electron chi connectivity index (χ4n) is 6.49. The van der Waals surface area contributed by atoms with Gasteiger partial charge >= 0.3 is 0 Å². The summed E-state index contributed by atoms with van der Waals surface area (Å²) in [6.07, 6.45) is 7.70. The number of para-hydroxylation sites is 1. The molecule has 0 aliphatic heterocycles. The second-order valence-electron chi connectivity index (χ2n) is 11.2. The first kappa shape index (κ1) is 25.9. The number of fused-ring (bicyclic) bond motifs is 3. The molecular formula is C38H30N6. The van der Waals surface area contributed by atoms with Crippen molar-refractivity contribution in [2.75, 3.05) is 0 Å². The minimum Gasteiger partial charge on any atom is -0.294 e. The van der Waals surface area contributed by atoms with Crippen LogP contribution in [0.5, 0.6) is 0 Å². The molecule has 0 aliphatic rings. The number of nitrogens with zero attached hydrogens (tertiary/aromatic N) is 6. The Bertz CT molecular complexity index is 2180. The molecule has 0 spiro atoms. The summed E-state index contributed by atoms with van der Waals surface area (Å²) in [5, 5.41) is 11.7. The Morgan fingerprint density at radius 1 is 0.591 bits per heavy atom. The lowest BCUT2D eigenvalue weighted by atomic mass is 9.84. The summed E-state index contributed by atoms with van der Waals surface area (Å²) in [5.74, 6) is 0.861. The third-order valence-corrected chi connectivity index (χ3v) is 8.70. The number of aromatic nitrogens is 6. The van der Waals surface area contributed by atoms with Crippen molar-refractivity contribution in [2.45, 2.75) is 18.5 Å². The predicted molar refractivity (Wildman–Crippen MR) is 175 cm³/mol. The Morgan fingerprint density at radius 2 is 1.32 bits per heavy atom. The molecule has 0 radical (unpaired) electrons. The number of benzene rings is 4. The zero-order valence-corrected chi connectivity index (χ0v) is 24.3. The minimum atomic E-state index is -0.520. The maximum Gasteiger partial charge on any atom is 0.137 e. The van der Waals surface area contributed by atoms with Crippen LogP contribution in [-0.2, 0) is 5.54 Å². The zero-order chi connectivity index (χ0) is 29.5. The normalized spacial score (nSPS) is 13.7. The number of hydrogen-bond donors (Lipinski definition) is 0. The fraction of sp³-hybridized carbons (Fsp3) is 0.0789. The van der Waals surface area contributed by atoms with Crippen molar-refractivity contribution in [1.29, 1.82) is 0 Å². The Labute approximate surface area is 255 Å². The van der Waals surface area contributed by atoms with Gasteiger partial charge in [-0.25, -0.2) is 4.98 Å². The van der Waals surface area contributed by atoms with Crippen LogP contribution in [-0.4, -0.2) is 29.1 Å². The molecule has 8 aromatic rings. The van der Waals surface area contributed by atoms with Gasteiger partial charge in [0.15, 0.2) is 0 Å². The second kappa shape index (κ2) is 10.5. The van der Waals surface area contributed by atoms with Crippen LogP contribution in [0.2, 0.25) is 0 Å². The first-order valence-corrected chi connectivity index (χ1v) is 14.8. The van der Waals surface area contributed by atoms with Crippen molar-refractivity contribution in [3.63, 3.8) is 0 Å². The molecule has 0 saturated heterocycles. The van der Waals surface area contributed by atoms with E-state index in [2.05, 4.69) is 132 Å². The van der Waals surface area contributed by atoms with E-state index in [1.807, 2.05) is 52.4 Å². The molecule has 4 aromatic carbocycles. The van der Waals surface area contributed by atoms with Gasteiger partial charge in [0.2, 0.25) is 0 Å². The predicted octanol–water partition coefficient (Wildman–Crippen LogP) is 8.02. The highest BCUT2D eigenvalue weighted by Crippen LogP contribution is 2.38. The molecular weight excluding hydrogens is 540 g/mol. The van der Waals surface area contributed by atoms with Crippen molar-refractivity contribution in [1.82, 2.24) is 29.1 Å². The maximum atomic E-state index is 5.33. The quantitative estimate of drug-likeness (QED) is 0.195. The standard InChI is InChI=1S/C38H30N6/c1-38(43-26-12-24-40-43,29-15-6-3-7-16-29)30-21-22-32-31-17-8-9-19-34(31)44(35(32)27-30)36-20-10-18-33(41-36)37(42-25-11-23-39-42)28-13-4-2-5-14-28/h2-27,37H,1H3/t37-,38?/m1/s1. The zero-order valence-electron chi connectivity index (χ0n) is 24.3. The van der Waals surface area contributed by atoms with Crippen molar-refractivity contribution in [3.8, 4) is 5.82 Å². The highest BCUT2D eigenvalue weighted by Gasteiger charge is 2.32. The molecule has 1 unspecified atom stereocenters. The average Bonchev–Trinajstić information content (AvgIpc) is 3.87. The Morgan fingerprint density at radius 3 is 2.09 bits per heavy atom. The summed E-state index contributed by atoms with van der Waals surface area (Å²) in [6, 6.07) is 46.4. The van der Waals surface area contributed by atoms with E-state index in [-0.39, 0.29) is 6.04 Å². The van der Waals surface area contributed by atoms with Crippen LogP contribution in [0.25, 0.3) is 27.6 Å². The van der Waals surface area contributed by atoms with E-state index in [4.69, 9.17) is 10.1 Å². The Kier molecular flexibility index (Phi) is 6.19. The van der Waals surface area contributed by atoms with E-state index in [0.717, 1.165) is 39.2 Å². The lowest BCUT2D eigenvalue weighted by Gasteiger charge is -2.32. The number of pyridine rings is 1. The second-order valence-corrected chi connectivity index (χ2v) is 11.2. The van der Waals surface area contributed by atoms with Gasteiger partial charge in [-0.3, -0.25) is 13.9 Å². The molecule has 212 valence electrons. The average molecular weight is 571 g/mol. The third kappa shape index (κ3) is 4.14. The molecule has 0 saturated carbocycles. The topological polar surface area (TPSA) is 53.5 Å². The largest absolute Gasteiger partial charge is 0.294 e. The highest BCUT2D eigenvalue weighted by molar-refractivity contribution is 6.09. The number of hydrogen-bond acceptors (Lipinski definition) is 3. The van der Waals surface area contributed by atoms with Gasteiger partial charge in [0.25, 0.3) is 0 Å². The molecule has 6 nitrogen and oxygen atoms in total. The van der Waals surface area contributed by atoms with Gasteiger partial charge in [-0.2, -0.15) is 10.2 Å². The highest BCUT2D eigenvalue weighted by atomic mass is 15.3. The molecule has 0 bridgehead atoms. The molecule has 8 rings (SSSR count). The minimum absolute atomic E-state index is 0.156. The van der Waals surface area contributed by atoms with Gasteiger partial charge in [-0.05, 0) is 60.0 Å². The van der Waals surface area contributed by atoms with Crippen molar-refractivity contribution < 1.29 is 0 Å². The van der Waals surface area contributed by atoms with Gasteiger partial charge in [-0.15, -0.1) is 0 Å². The summed E-state index contributed by atoms with van der Waals surface area (Å²) in [7, 11) is 0. The molecule has 4 aromatic heterocycles. The smallest absolute Gasteiger partial charge is 0.137 e. The van der Waals surface area contributed by atoms with Crippen LogP contribution in [0.15, 0.2) is 158 Å². The van der Waals surface area contributed by atoms with E-state index in [1.54, 1.807) is 0 Å². The molecule has 0 N–H and O–H groups in total. The Hall–Kier alpha value is -5.75. The van der Waals surface area contributed by atoms with Gasteiger partial charge in [0.1, 0.15) is 17.4 Å². The van der Waals surface area contributed by atoms with E-state index >= 15 is 0 Å². The third-order valence-electron chi connectivity index (χ3n) is 8.70. The summed E-state index contributed by atoms with van der Waals surface area (Å²) >= 11 is 0. The molecule has 44 heavy (non-hydrogen) atoms. The lowest BCUT2D eigenvalue weighted by molar-refractivity contribution is 0.426.